The lowest BCUT2D eigenvalue weighted by Gasteiger charge is -2.01. The second-order valence-electron chi connectivity index (χ2n) is 4.22. The molecule has 19 heavy (non-hydrogen) atoms. The van der Waals surface area contributed by atoms with Crippen molar-refractivity contribution in [2.24, 2.45) is 7.05 Å². The zero-order valence-electron chi connectivity index (χ0n) is 10.3. The first-order valence-corrected chi connectivity index (χ1v) is 6.67. The maximum absolute atomic E-state index is 13.4. The Morgan fingerprint density at radius 1 is 1.26 bits per heavy atom. The summed E-state index contributed by atoms with van der Waals surface area (Å²) in [5.41, 5.74) is 8.39. The molecule has 0 aliphatic carbocycles. The van der Waals surface area contributed by atoms with E-state index < -0.39 is 0 Å². The summed E-state index contributed by atoms with van der Waals surface area (Å²) < 4.78 is 15.0. The summed E-state index contributed by atoms with van der Waals surface area (Å²) in [6, 6.07) is 10.3. The Labute approximate surface area is 114 Å². The monoisotopic (exact) mass is 273 g/mol. The van der Waals surface area contributed by atoms with Gasteiger partial charge in [0.05, 0.1) is 5.56 Å². The first-order valence-electron chi connectivity index (χ1n) is 5.79. The lowest BCUT2D eigenvalue weighted by molar-refractivity contribution is 0.628. The molecule has 3 nitrogen and oxygen atoms in total. The fourth-order valence-electron chi connectivity index (χ4n) is 2.04. The van der Waals surface area contributed by atoms with Crippen molar-refractivity contribution in [3.63, 3.8) is 0 Å². The SMILES string of the molecule is Cn1nc(-c2cccc(F)c2)c(-c2cccs2)c1N. The molecule has 0 amide bonds. The Balaban J connectivity index is 2.25. The maximum Gasteiger partial charge on any atom is 0.130 e. The molecule has 96 valence electrons. The summed E-state index contributed by atoms with van der Waals surface area (Å²) in [5, 5.41) is 6.39. The number of aromatic nitrogens is 2. The van der Waals surface area contributed by atoms with Gasteiger partial charge in [0.2, 0.25) is 0 Å². The normalized spacial score (nSPS) is 10.8. The van der Waals surface area contributed by atoms with E-state index >= 15 is 0 Å². The van der Waals surface area contributed by atoms with Crippen LogP contribution < -0.4 is 5.73 Å². The Hall–Kier alpha value is -2.14. The number of thiophene rings is 1. The molecule has 0 saturated carbocycles. The van der Waals surface area contributed by atoms with E-state index in [9.17, 15) is 4.39 Å². The molecule has 0 aliphatic heterocycles. The van der Waals surface area contributed by atoms with Crippen LogP contribution in [0.3, 0.4) is 0 Å². The molecule has 2 aromatic heterocycles. The number of rotatable bonds is 2. The van der Waals surface area contributed by atoms with Crippen molar-refractivity contribution in [3.8, 4) is 21.7 Å². The van der Waals surface area contributed by atoms with E-state index in [0.717, 1.165) is 16.0 Å². The van der Waals surface area contributed by atoms with Gasteiger partial charge in [-0.2, -0.15) is 5.10 Å². The topological polar surface area (TPSA) is 43.8 Å². The lowest BCUT2D eigenvalue weighted by atomic mass is 10.1. The number of nitrogens with two attached hydrogens (primary N) is 1. The molecule has 3 rings (SSSR count). The molecule has 2 heterocycles. The number of benzene rings is 1. The molecule has 5 heteroatoms. The summed E-state index contributed by atoms with van der Waals surface area (Å²) in [6.45, 7) is 0. The van der Waals surface area contributed by atoms with E-state index in [1.54, 1.807) is 29.1 Å². The van der Waals surface area contributed by atoms with Crippen LogP contribution in [0.25, 0.3) is 21.7 Å². The molecular weight excluding hydrogens is 261 g/mol. The Kier molecular flexibility index (Phi) is 2.83. The molecule has 0 radical (unpaired) electrons. The fraction of sp³-hybridized carbons (Fsp3) is 0.0714. The average molecular weight is 273 g/mol. The van der Waals surface area contributed by atoms with E-state index in [4.69, 9.17) is 5.73 Å². The third kappa shape index (κ3) is 2.02. The third-order valence-corrected chi connectivity index (χ3v) is 3.84. The quantitative estimate of drug-likeness (QED) is 0.776. The minimum Gasteiger partial charge on any atom is -0.383 e. The zero-order chi connectivity index (χ0) is 13.4. The molecule has 0 atom stereocenters. The van der Waals surface area contributed by atoms with Gasteiger partial charge in [0.15, 0.2) is 0 Å². The number of anilines is 1. The zero-order valence-corrected chi connectivity index (χ0v) is 11.1. The number of hydrogen-bond donors (Lipinski definition) is 1. The summed E-state index contributed by atoms with van der Waals surface area (Å²) >= 11 is 1.59. The van der Waals surface area contributed by atoms with Crippen LogP contribution in [0.1, 0.15) is 0 Å². The smallest absolute Gasteiger partial charge is 0.130 e. The van der Waals surface area contributed by atoms with E-state index in [1.807, 2.05) is 23.6 Å². The van der Waals surface area contributed by atoms with Crippen LogP contribution >= 0.6 is 11.3 Å². The Morgan fingerprint density at radius 3 is 2.79 bits per heavy atom. The molecule has 3 aromatic rings. The van der Waals surface area contributed by atoms with E-state index in [0.29, 0.717) is 11.5 Å². The highest BCUT2D eigenvalue weighted by Crippen LogP contribution is 2.38. The van der Waals surface area contributed by atoms with Crippen molar-refractivity contribution in [2.45, 2.75) is 0 Å². The van der Waals surface area contributed by atoms with Gasteiger partial charge in [-0.1, -0.05) is 18.2 Å². The first-order chi connectivity index (χ1) is 9.16. The van der Waals surface area contributed by atoms with Crippen LogP contribution in [0, 0.1) is 5.82 Å². The lowest BCUT2D eigenvalue weighted by Crippen LogP contribution is -1.97. The van der Waals surface area contributed by atoms with E-state index in [2.05, 4.69) is 5.10 Å². The molecule has 0 bridgehead atoms. The highest BCUT2D eigenvalue weighted by molar-refractivity contribution is 7.13. The van der Waals surface area contributed by atoms with Gasteiger partial charge in [-0.25, -0.2) is 4.39 Å². The van der Waals surface area contributed by atoms with Crippen molar-refractivity contribution in [2.75, 3.05) is 5.73 Å². The minimum atomic E-state index is -0.279. The van der Waals surface area contributed by atoms with E-state index in [-0.39, 0.29) is 5.82 Å². The maximum atomic E-state index is 13.4. The molecular formula is C14H12FN3S. The van der Waals surface area contributed by atoms with Crippen LogP contribution in [-0.2, 0) is 7.05 Å². The van der Waals surface area contributed by atoms with Crippen molar-refractivity contribution < 1.29 is 4.39 Å². The van der Waals surface area contributed by atoms with Gasteiger partial charge < -0.3 is 5.73 Å². The van der Waals surface area contributed by atoms with Crippen LogP contribution in [-0.4, -0.2) is 9.78 Å². The number of nitrogens with zero attached hydrogens (tertiary/aromatic N) is 2. The molecule has 2 N–H and O–H groups in total. The molecule has 0 saturated heterocycles. The van der Waals surface area contributed by atoms with Gasteiger partial charge in [-0.3, -0.25) is 4.68 Å². The highest BCUT2D eigenvalue weighted by atomic mass is 32.1. The molecule has 0 aliphatic rings. The van der Waals surface area contributed by atoms with Crippen molar-refractivity contribution in [1.82, 2.24) is 9.78 Å². The van der Waals surface area contributed by atoms with Crippen LogP contribution in [0.15, 0.2) is 41.8 Å². The molecule has 0 spiro atoms. The van der Waals surface area contributed by atoms with Crippen molar-refractivity contribution in [1.29, 1.82) is 0 Å². The van der Waals surface area contributed by atoms with Gasteiger partial charge in [0, 0.05) is 17.5 Å². The predicted octanol–water partition coefficient (Wildman–Crippen LogP) is 3.54. The standard InChI is InChI=1S/C14H12FN3S/c1-18-14(16)12(11-6-3-7-19-11)13(17-18)9-4-2-5-10(15)8-9/h2-8H,16H2,1H3. The average Bonchev–Trinajstić information content (AvgIpc) is 2.99. The highest BCUT2D eigenvalue weighted by Gasteiger charge is 2.18. The number of aryl methyl sites for hydroxylation is 1. The van der Waals surface area contributed by atoms with Gasteiger partial charge in [-0.05, 0) is 23.6 Å². The molecule has 1 aromatic carbocycles. The summed E-state index contributed by atoms with van der Waals surface area (Å²) in [5.74, 6) is 0.306. The number of nitrogen functional groups attached to an aromatic ring is 1. The summed E-state index contributed by atoms with van der Waals surface area (Å²) in [7, 11) is 1.79. The van der Waals surface area contributed by atoms with Gasteiger partial charge in [0.1, 0.15) is 17.3 Å². The number of halogens is 1. The summed E-state index contributed by atoms with van der Waals surface area (Å²) in [6.07, 6.45) is 0. The van der Waals surface area contributed by atoms with Crippen molar-refractivity contribution in [3.05, 3.63) is 47.6 Å². The summed E-state index contributed by atoms with van der Waals surface area (Å²) in [4.78, 5) is 1.03. The molecule has 0 fully saturated rings. The van der Waals surface area contributed by atoms with Gasteiger partial charge >= 0.3 is 0 Å². The van der Waals surface area contributed by atoms with Crippen LogP contribution in [0.4, 0.5) is 10.2 Å². The predicted molar refractivity (Wildman–Crippen MR) is 76.3 cm³/mol. The first kappa shape index (κ1) is 11.9. The Bertz CT molecular complexity index is 716. The van der Waals surface area contributed by atoms with Crippen LogP contribution in [0.5, 0.6) is 0 Å². The second-order valence-corrected chi connectivity index (χ2v) is 5.17. The number of hydrogen-bond acceptors (Lipinski definition) is 3. The van der Waals surface area contributed by atoms with Gasteiger partial charge in [0.25, 0.3) is 0 Å². The van der Waals surface area contributed by atoms with Gasteiger partial charge in [-0.15, -0.1) is 11.3 Å². The minimum absolute atomic E-state index is 0.279. The fourth-order valence-corrected chi connectivity index (χ4v) is 2.82. The van der Waals surface area contributed by atoms with E-state index in [1.165, 1.54) is 12.1 Å². The third-order valence-electron chi connectivity index (χ3n) is 2.96. The Morgan fingerprint density at radius 2 is 2.11 bits per heavy atom. The van der Waals surface area contributed by atoms with Crippen LogP contribution in [0.2, 0.25) is 0 Å². The second kappa shape index (κ2) is 4.51. The van der Waals surface area contributed by atoms with Crippen molar-refractivity contribution >= 4 is 17.2 Å². The molecule has 0 unspecified atom stereocenters. The largest absolute Gasteiger partial charge is 0.383 e.